The van der Waals surface area contributed by atoms with Crippen LogP contribution in [0.15, 0.2) is 46.9 Å². The van der Waals surface area contributed by atoms with Crippen molar-refractivity contribution in [2.24, 2.45) is 0 Å². The van der Waals surface area contributed by atoms with E-state index in [1.807, 2.05) is 0 Å². The summed E-state index contributed by atoms with van der Waals surface area (Å²) in [6, 6.07) is 12.5. The quantitative estimate of drug-likeness (QED) is 0.674. The fraction of sp³-hybridized carbons (Fsp3) is 0.118. The molecular weight excluding hydrogens is 346 g/mol. The minimum Gasteiger partial charge on any atom is -0.456 e. The SMILES string of the molecule is CC(=O)OCC(=O)Nc1ccc(Nc2nc3ccc(Cl)cc3o2)cc1. The number of amides is 1. The molecule has 0 radical (unpaired) electrons. The van der Waals surface area contributed by atoms with Gasteiger partial charge in [-0.05, 0) is 36.4 Å². The van der Waals surface area contributed by atoms with E-state index in [1.165, 1.54) is 6.92 Å². The lowest BCUT2D eigenvalue weighted by atomic mass is 10.3. The summed E-state index contributed by atoms with van der Waals surface area (Å²) in [7, 11) is 0. The van der Waals surface area contributed by atoms with Crippen molar-refractivity contribution in [3.8, 4) is 0 Å². The second-order valence-electron chi connectivity index (χ2n) is 5.16. The highest BCUT2D eigenvalue weighted by Gasteiger charge is 2.07. The van der Waals surface area contributed by atoms with Gasteiger partial charge >= 0.3 is 5.97 Å². The van der Waals surface area contributed by atoms with Crippen LogP contribution in [-0.4, -0.2) is 23.5 Å². The maximum atomic E-state index is 11.6. The van der Waals surface area contributed by atoms with Crippen molar-refractivity contribution in [1.29, 1.82) is 0 Å². The molecule has 0 saturated heterocycles. The number of ether oxygens (including phenoxy) is 1. The molecule has 3 rings (SSSR count). The van der Waals surface area contributed by atoms with Crippen LogP contribution < -0.4 is 10.6 Å². The molecule has 7 nitrogen and oxygen atoms in total. The number of esters is 1. The largest absolute Gasteiger partial charge is 0.456 e. The Hall–Kier alpha value is -3.06. The molecule has 0 unspecified atom stereocenters. The first-order valence-corrected chi connectivity index (χ1v) is 7.74. The Bertz CT molecular complexity index is 921. The van der Waals surface area contributed by atoms with Crippen LogP contribution in [0, 0.1) is 0 Å². The minimum absolute atomic E-state index is 0.319. The number of oxazole rings is 1. The number of carbonyl (C=O) groups is 2. The van der Waals surface area contributed by atoms with Gasteiger partial charge in [0.15, 0.2) is 12.2 Å². The van der Waals surface area contributed by atoms with Crippen LogP contribution in [-0.2, 0) is 14.3 Å². The summed E-state index contributed by atoms with van der Waals surface area (Å²) < 4.78 is 10.2. The van der Waals surface area contributed by atoms with Gasteiger partial charge < -0.3 is 19.8 Å². The molecule has 0 aliphatic heterocycles. The predicted molar refractivity (Wildman–Crippen MR) is 94.0 cm³/mol. The van der Waals surface area contributed by atoms with Crippen LogP contribution in [0.2, 0.25) is 5.02 Å². The number of carbonyl (C=O) groups excluding carboxylic acids is 2. The number of benzene rings is 2. The van der Waals surface area contributed by atoms with Gasteiger partial charge in [0.05, 0.1) is 0 Å². The fourth-order valence-electron chi connectivity index (χ4n) is 2.08. The van der Waals surface area contributed by atoms with Gasteiger partial charge in [-0.25, -0.2) is 0 Å². The summed E-state index contributed by atoms with van der Waals surface area (Å²) in [5, 5.41) is 6.22. The predicted octanol–water partition coefficient (Wildman–Crippen LogP) is 3.73. The highest BCUT2D eigenvalue weighted by molar-refractivity contribution is 6.31. The average Bonchev–Trinajstić information content (AvgIpc) is 2.96. The minimum atomic E-state index is -0.505. The Labute approximate surface area is 147 Å². The van der Waals surface area contributed by atoms with Gasteiger partial charge in [-0.2, -0.15) is 4.98 Å². The lowest BCUT2D eigenvalue weighted by molar-refractivity contribution is -0.144. The van der Waals surface area contributed by atoms with Gasteiger partial charge in [0, 0.05) is 29.4 Å². The highest BCUT2D eigenvalue weighted by Crippen LogP contribution is 2.25. The highest BCUT2D eigenvalue weighted by atomic mass is 35.5. The number of hydrogen-bond donors (Lipinski definition) is 2. The Morgan fingerprint density at radius 3 is 2.60 bits per heavy atom. The number of nitrogens with one attached hydrogen (secondary N) is 2. The van der Waals surface area contributed by atoms with Crippen LogP contribution in [0.1, 0.15) is 6.92 Å². The maximum Gasteiger partial charge on any atom is 0.303 e. The molecule has 3 aromatic rings. The summed E-state index contributed by atoms with van der Waals surface area (Å²) in [6.45, 7) is 0.925. The van der Waals surface area contributed by atoms with Gasteiger partial charge in [0.2, 0.25) is 0 Å². The molecule has 2 N–H and O–H groups in total. The van der Waals surface area contributed by atoms with Crippen molar-refractivity contribution in [3.63, 3.8) is 0 Å². The van der Waals surface area contributed by atoms with Gasteiger partial charge in [-0.15, -0.1) is 0 Å². The standard InChI is InChI=1S/C17H14ClN3O4/c1-10(22)24-9-16(23)19-12-3-5-13(6-4-12)20-17-21-14-7-2-11(18)8-15(14)25-17/h2-8H,9H2,1H3,(H,19,23)(H,20,21). The molecule has 0 aliphatic carbocycles. The first-order chi connectivity index (χ1) is 12.0. The summed E-state index contributed by atoms with van der Waals surface area (Å²) in [5.41, 5.74) is 2.59. The van der Waals surface area contributed by atoms with E-state index in [0.29, 0.717) is 27.8 Å². The van der Waals surface area contributed by atoms with Crippen molar-refractivity contribution in [1.82, 2.24) is 4.98 Å². The lowest BCUT2D eigenvalue weighted by Gasteiger charge is -2.06. The molecule has 2 aromatic carbocycles. The van der Waals surface area contributed by atoms with Gasteiger partial charge in [-0.1, -0.05) is 11.6 Å². The lowest BCUT2D eigenvalue weighted by Crippen LogP contribution is -2.19. The molecule has 1 aromatic heterocycles. The third-order valence-electron chi connectivity index (χ3n) is 3.18. The number of fused-ring (bicyclic) bond motifs is 1. The molecular formula is C17H14ClN3O4. The Kier molecular flexibility index (Phi) is 4.85. The van der Waals surface area contributed by atoms with E-state index in [-0.39, 0.29) is 6.61 Å². The zero-order valence-electron chi connectivity index (χ0n) is 13.2. The molecule has 0 bridgehead atoms. The Morgan fingerprint density at radius 2 is 1.88 bits per heavy atom. The second kappa shape index (κ2) is 7.23. The molecule has 1 amide bonds. The smallest absolute Gasteiger partial charge is 0.303 e. The van der Waals surface area contributed by atoms with Crippen LogP contribution in [0.25, 0.3) is 11.1 Å². The number of hydrogen-bond acceptors (Lipinski definition) is 6. The van der Waals surface area contributed by atoms with Crippen LogP contribution in [0.3, 0.4) is 0 Å². The topological polar surface area (TPSA) is 93.5 Å². The zero-order valence-corrected chi connectivity index (χ0v) is 14.0. The van der Waals surface area contributed by atoms with E-state index >= 15 is 0 Å². The normalized spacial score (nSPS) is 10.5. The van der Waals surface area contributed by atoms with Crippen LogP contribution in [0.5, 0.6) is 0 Å². The number of rotatable bonds is 5. The summed E-state index contributed by atoms with van der Waals surface area (Å²) in [5.74, 6) is -0.916. The van der Waals surface area contributed by atoms with Crippen molar-refractivity contribution in [2.75, 3.05) is 17.2 Å². The van der Waals surface area contributed by atoms with Crippen molar-refractivity contribution in [2.45, 2.75) is 6.92 Å². The van der Waals surface area contributed by atoms with Gasteiger partial charge in [0.25, 0.3) is 11.9 Å². The second-order valence-corrected chi connectivity index (χ2v) is 5.60. The summed E-state index contributed by atoms with van der Waals surface area (Å²) >= 11 is 5.92. The van der Waals surface area contributed by atoms with E-state index in [4.69, 9.17) is 16.0 Å². The molecule has 25 heavy (non-hydrogen) atoms. The molecule has 0 saturated carbocycles. The first-order valence-electron chi connectivity index (χ1n) is 7.36. The van der Waals surface area contributed by atoms with E-state index in [2.05, 4.69) is 20.4 Å². The van der Waals surface area contributed by atoms with E-state index in [9.17, 15) is 9.59 Å². The number of anilines is 3. The Morgan fingerprint density at radius 1 is 1.16 bits per heavy atom. The third-order valence-corrected chi connectivity index (χ3v) is 3.41. The van der Waals surface area contributed by atoms with Crippen LogP contribution >= 0.6 is 11.6 Å². The molecule has 128 valence electrons. The molecule has 1 heterocycles. The van der Waals surface area contributed by atoms with Crippen molar-refractivity contribution >= 4 is 52.0 Å². The third kappa shape index (κ3) is 4.48. The number of nitrogens with zero attached hydrogens (tertiary/aromatic N) is 1. The van der Waals surface area contributed by atoms with Crippen LogP contribution in [0.4, 0.5) is 17.4 Å². The average molecular weight is 360 g/mol. The summed E-state index contributed by atoms with van der Waals surface area (Å²) in [4.78, 5) is 26.6. The van der Waals surface area contributed by atoms with E-state index in [1.54, 1.807) is 42.5 Å². The number of halogens is 1. The number of aromatic nitrogens is 1. The molecule has 0 aliphatic rings. The van der Waals surface area contributed by atoms with Gasteiger partial charge in [0.1, 0.15) is 5.52 Å². The van der Waals surface area contributed by atoms with Crippen molar-refractivity contribution < 1.29 is 18.7 Å². The molecule has 0 atom stereocenters. The van der Waals surface area contributed by atoms with E-state index < -0.39 is 11.9 Å². The monoisotopic (exact) mass is 359 g/mol. The Balaban J connectivity index is 1.63. The molecule has 0 fully saturated rings. The fourth-order valence-corrected chi connectivity index (χ4v) is 2.24. The zero-order chi connectivity index (χ0) is 17.8. The van der Waals surface area contributed by atoms with E-state index in [0.717, 1.165) is 5.69 Å². The maximum absolute atomic E-state index is 11.6. The van der Waals surface area contributed by atoms with Gasteiger partial charge in [-0.3, -0.25) is 9.59 Å². The molecule has 8 heteroatoms. The first kappa shape index (κ1) is 16.8. The molecule has 0 spiro atoms. The summed E-state index contributed by atoms with van der Waals surface area (Å²) in [6.07, 6.45) is 0. The van der Waals surface area contributed by atoms with Crippen molar-refractivity contribution in [3.05, 3.63) is 47.5 Å².